The first-order valence-electron chi connectivity index (χ1n) is 19.6. The average Bonchev–Trinajstić information content (AvgIpc) is 3.77. The number of nitrogens with zero attached hydrogens (tertiary/aromatic N) is 3. The molecule has 2 aliphatic carbocycles. The molecule has 2 aliphatic rings. The van der Waals surface area contributed by atoms with E-state index in [1.54, 1.807) is 0 Å². The molecule has 5 nitrogen and oxygen atoms in total. The first kappa shape index (κ1) is 34.3. The number of nitrogens with one attached hydrogen (secondary N) is 1. The van der Waals surface area contributed by atoms with Gasteiger partial charge in [0.2, 0.25) is 0 Å². The van der Waals surface area contributed by atoms with E-state index in [4.69, 9.17) is 16.1 Å². The Hall–Kier alpha value is -7.24. The summed E-state index contributed by atoms with van der Waals surface area (Å²) in [5, 5.41) is 13.8. The SMILES string of the molecule is C/C=C\C1=C(C)C2C=CC=CC2C=C1c1c(C(N)=NC(=N)c2ccccc2)ccc(-n2c3ccccc3c3ccccc32)c1-n1c2ccccc2c2ccccc21. The molecule has 0 fully saturated rings. The fourth-order valence-electron chi connectivity index (χ4n) is 9.16. The predicted octanol–water partition coefficient (Wildman–Crippen LogP) is 12.3. The van der Waals surface area contributed by atoms with Crippen LogP contribution in [-0.4, -0.2) is 20.8 Å². The monoisotopic (exact) mass is 735 g/mol. The number of hydrogen-bond donors (Lipinski definition) is 2. The molecule has 0 spiro atoms. The van der Waals surface area contributed by atoms with Crippen molar-refractivity contribution < 1.29 is 0 Å². The molecule has 0 saturated heterocycles. The number of allylic oxidation sites excluding steroid dienone is 10. The molecule has 2 aromatic heterocycles. The number of fused-ring (bicyclic) bond motifs is 7. The molecule has 0 amide bonds. The van der Waals surface area contributed by atoms with Gasteiger partial charge in [0.15, 0.2) is 5.84 Å². The van der Waals surface area contributed by atoms with Gasteiger partial charge in [-0.25, -0.2) is 4.99 Å². The standard InChI is InChI=1S/C52H41N5/c1-3-17-37-33(2)36-21-8-7-20-35(36)32-43(37)49-42(52(54)55-51(53)34-18-5-4-6-19-34)30-31-48(56-44-26-13-9-22-38(44)39-23-10-14-27-45(39)56)50(49)57-46-28-15-11-24-40(46)41-25-12-16-29-47(41)57/h3-32,35-36H,1-2H3,(H3,53,54,55)/b17-3-. The van der Waals surface area contributed by atoms with Crippen molar-refractivity contribution in [2.24, 2.45) is 22.6 Å². The van der Waals surface area contributed by atoms with Gasteiger partial charge in [-0.15, -0.1) is 0 Å². The lowest BCUT2D eigenvalue weighted by Crippen LogP contribution is -2.23. The molecule has 3 N–H and O–H groups in total. The van der Waals surface area contributed by atoms with Crippen molar-refractivity contribution in [3.8, 4) is 11.4 Å². The lowest BCUT2D eigenvalue weighted by molar-refractivity contribution is 0.622. The van der Waals surface area contributed by atoms with E-state index in [0.29, 0.717) is 5.56 Å². The van der Waals surface area contributed by atoms with Gasteiger partial charge in [-0.1, -0.05) is 151 Å². The van der Waals surface area contributed by atoms with Crippen LogP contribution in [0.5, 0.6) is 0 Å². The van der Waals surface area contributed by atoms with Crippen LogP contribution < -0.4 is 5.73 Å². The van der Waals surface area contributed by atoms with Gasteiger partial charge in [0.05, 0.1) is 33.4 Å². The first-order chi connectivity index (χ1) is 28.0. The summed E-state index contributed by atoms with van der Waals surface area (Å²) >= 11 is 0. The van der Waals surface area contributed by atoms with E-state index in [0.717, 1.165) is 55.7 Å². The summed E-state index contributed by atoms with van der Waals surface area (Å²) < 4.78 is 4.85. The van der Waals surface area contributed by atoms with Gasteiger partial charge in [0, 0.05) is 50.1 Å². The smallest absolute Gasteiger partial charge is 0.154 e. The highest BCUT2D eigenvalue weighted by Crippen LogP contribution is 2.48. The van der Waals surface area contributed by atoms with Crippen LogP contribution in [0.4, 0.5) is 0 Å². The van der Waals surface area contributed by atoms with Crippen molar-refractivity contribution in [2.45, 2.75) is 13.8 Å². The van der Waals surface area contributed by atoms with E-state index < -0.39 is 0 Å². The topological polar surface area (TPSA) is 72.1 Å². The maximum atomic E-state index is 9.10. The van der Waals surface area contributed by atoms with Gasteiger partial charge >= 0.3 is 0 Å². The van der Waals surface area contributed by atoms with Crippen LogP contribution >= 0.6 is 0 Å². The second kappa shape index (κ2) is 13.8. The van der Waals surface area contributed by atoms with Crippen molar-refractivity contribution in [3.05, 3.63) is 210 Å². The zero-order valence-electron chi connectivity index (χ0n) is 31.9. The third-order valence-corrected chi connectivity index (χ3v) is 11.7. The van der Waals surface area contributed by atoms with E-state index in [1.165, 1.54) is 27.1 Å². The Morgan fingerprint density at radius 2 is 1.18 bits per heavy atom. The van der Waals surface area contributed by atoms with Crippen molar-refractivity contribution >= 4 is 60.9 Å². The maximum Gasteiger partial charge on any atom is 0.154 e. The molecule has 2 atom stereocenters. The molecule has 274 valence electrons. The predicted molar refractivity (Wildman–Crippen MR) is 240 cm³/mol. The van der Waals surface area contributed by atoms with Crippen LogP contribution in [0.3, 0.4) is 0 Å². The minimum absolute atomic E-state index is 0.113. The zero-order chi connectivity index (χ0) is 38.6. The van der Waals surface area contributed by atoms with Gasteiger partial charge < -0.3 is 14.9 Å². The van der Waals surface area contributed by atoms with Gasteiger partial charge in [0.1, 0.15) is 5.84 Å². The van der Waals surface area contributed by atoms with Crippen LogP contribution in [0.15, 0.2) is 198 Å². The largest absolute Gasteiger partial charge is 0.383 e. The van der Waals surface area contributed by atoms with Crippen LogP contribution in [-0.2, 0) is 0 Å². The number of aliphatic imine (C=N–C) groups is 1. The number of amidine groups is 2. The third-order valence-electron chi connectivity index (χ3n) is 11.7. The number of rotatable bonds is 6. The Morgan fingerprint density at radius 3 is 1.75 bits per heavy atom. The molecule has 10 rings (SSSR count). The minimum atomic E-state index is 0.113. The van der Waals surface area contributed by atoms with Gasteiger partial charge in [-0.2, -0.15) is 0 Å². The molecule has 0 bridgehead atoms. The molecule has 2 heterocycles. The molecule has 0 aliphatic heterocycles. The highest BCUT2D eigenvalue weighted by molar-refractivity contribution is 6.16. The second-order valence-electron chi connectivity index (χ2n) is 14.9. The van der Waals surface area contributed by atoms with Crippen LogP contribution in [0.1, 0.15) is 30.5 Å². The van der Waals surface area contributed by atoms with Gasteiger partial charge in [-0.3, -0.25) is 5.41 Å². The highest BCUT2D eigenvalue weighted by Gasteiger charge is 2.32. The molecule has 0 saturated carbocycles. The maximum absolute atomic E-state index is 9.10. The first-order valence-corrected chi connectivity index (χ1v) is 19.6. The van der Waals surface area contributed by atoms with E-state index >= 15 is 0 Å². The van der Waals surface area contributed by atoms with E-state index in [9.17, 15) is 0 Å². The normalized spacial score (nSPS) is 17.0. The number of nitrogens with two attached hydrogens (primary N) is 1. The van der Waals surface area contributed by atoms with E-state index in [-0.39, 0.29) is 23.5 Å². The number of benzene rings is 6. The van der Waals surface area contributed by atoms with Crippen molar-refractivity contribution in [1.82, 2.24) is 9.13 Å². The summed E-state index contributed by atoms with van der Waals surface area (Å²) in [6.45, 7) is 4.35. The quantitative estimate of drug-likeness (QED) is 0.129. The number of hydrogen-bond acceptors (Lipinski definition) is 1. The van der Waals surface area contributed by atoms with Crippen molar-refractivity contribution in [1.29, 1.82) is 5.41 Å². The summed E-state index contributed by atoms with van der Waals surface area (Å²) in [6.07, 6.45) is 15.7. The van der Waals surface area contributed by atoms with Crippen LogP contribution in [0.25, 0.3) is 60.6 Å². The van der Waals surface area contributed by atoms with Crippen LogP contribution in [0.2, 0.25) is 0 Å². The Balaban J connectivity index is 1.41. The summed E-state index contributed by atoms with van der Waals surface area (Å²) in [5.74, 6) is 0.787. The fourth-order valence-corrected chi connectivity index (χ4v) is 9.16. The molecular weight excluding hydrogens is 695 g/mol. The lowest BCUT2D eigenvalue weighted by Gasteiger charge is -2.33. The lowest BCUT2D eigenvalue weighted by atomic mass is 9.72. The molecular formula is C52H41N5. The third kappa shape index (κ3) is 5.46. The molecule has 2 unspecified atom stereocenters. The summed E-state index contributed by atoms with van der Waals surface area (Å²) in [4.78, 5) is 4.86. The Kier molecular flexibility index (Phi) is 8.30. The molecule has 0 radical (unpaired) electrons. The summed E-state index contributed by atoms with van der Waals surface area (Å²) in [6, 6.07) is 48.6. The van der Waals surface area contributed by atoms with Gasteiger partial charge in [0.25, 0.3) is 0 Å². The Morgan fingerprint density at radius 1 is 0.649 bits per heavy atom. The summed E-state index contributed by atoms with van der Waals surface area (Å²) in [5.41, 5.74) is 19.6. The molecule has 57 heavy (non-hydrogen) atoms. The zero-order valence-corrected chi connectivity index (χ0v) is 31.9. The number of aromatic nitrogens is 2. The molecule has 5 heteroatoms. The Bertz CT molecular complexity index is 3020. The Labute approximate surface area is 331 Å². The van der Waals surface area contributed by atoms with E-state index in [1.807, 2.05) is 30.3 Å². The minimum Gasteiger partial charge on any atom is -0.383 e. The fraction of sp³-hybridized carbons (Fsp3) is 0.0769. The number of para-hydroxylation sites is 4. The molecule has 8 aromatic rings. The average molecular weight is 736 g/mol. The highest BCUT2D eigenvalue weighted by atomic mass is 15.1. The van der Waals surface area contributed by atoms with Crippen molar-refractivity contribution in [2.75, 3.05) is 0 Å². The second-order valence-corrected chi connectivity index (χ2v) is 14.9. The van der Waals surface area contributed by atoms with Gasteiger partial charge in [-0.05, 0) is 61.4 Å². The van der Waals surface area contributed by atoms with E-state index in [2.05, 4.69) is 175 Å². The van der Waals surface area contributed by atoms with Crippen LogP contribution in [0, 0.1) is 17.2 Å². The van der Waals surface area contributed by atoms with Crippen molar-refractivity contribution in [3.63, 3.8) is 0 Å². The molecule has 6 aromatic carbocycles. The summed E-state index contributed by atoms with van der Waals surface area (Å²) in [7, 11) is 0.